The lowest BCUT2D eigenvalue weighted by Gasteiger charge is -2.27. The van der Waals surface area contributed by atoms with Crippen LogP contribution in [-0.2, 0) is 23.4 Å². The highest BCUT2D eigenvalue weighted by Crippen LogP contribution is 2.51. The number of rotatable bonds is 10. The van der Waals surface area contributed by atoms with Gasteiger partial charge in [-0.15, -0.1) is 5.92 Å². The molecule has 1 unspecified atom stereocenters. The number of esters is 1. The minimum atomic E-state index is -4.60. The zero-order valence-electron chi connectivity index (χ0n) is 25.5. The lowest BCUT2D eigenvalue weighted by Crippen LogP contribution is -2.46. The fourth-order valence-electron chi connectivity index (χ4n) is 4.43. The molecule has 0 radical (unpaired) electrons. The molecule has 6 atom stereocenters. The third-order valence-corrected chi connectivity index (χ3v) is 8.14. The third-order valence-electron chi connectivity index (χ3n) is 6.27. The van der Waals surface area contributed by atoms with Crippen LogP contribution in [0, 0.1) is 30.5 Å². The van der Waals surface area contributed by atoms with E-state index in [0.29, 0.717) is 0 Å². The van der Waals surface area contributed by atoms with Gasteiger partial charge in [0.05, 0.1) is 27.5 Å². The maximum atomic E-state index is 14.9. The van der Waals surface area contributed by atoms with Crippen LogP contribution in [0.25, 0.3) is 11.0 Å². The Kier molecular flexibility index (Phi) is 8.42. The number of para-hydroxylation sites is 1. The van der Waals surface area contributed by atoms with Gasteiger partial charge in [0.15, 0.2) is 23.3 Å². The van der Waals surface area contributed by atoms with Gasteiger partial charge in [-0.05, 0) is 39.8 Å². The Bertz CT molecular complexity index is 1700. The quantitative estimate of drug-likeness (QED) is 0.177. The van der Waals surface area contributed by atoms with Crippen LogP contribution in [0.3, 0.4) is 0 Å². The van der Waals surface area contributed by atoms with Crippen molar-refractivity contribution in [1.82, 2.24) is 14.5 Å². The van der Waals surface area contributed by atoms with E-state index in [1.807, 2.05) is 0 Å². The molecule has 4 rings (SSSR count). The van der Waals surface area contributed by atoms with Crippen LogP contribution in [0.15, 0.2) is 41.3 Å². The number of H-pyrrole nitrogens is 1. The van der Waals surface area contributed by atoms with E-state index in [0.717, 1.165) is 10.8 Å². The zero-order chi connectivity index (χ0) is 32.6. The smallest absolute Gasteiger partial charge is 0.380 e. The molecule has 14 heteroatoms. The average molecular weight is 608 g/mol. The summed E-state index contributed by atoms with van der Waals surface area (Å²) in [5.41, 5.74) is -3.67. The fourth-order valence-corrected chi connectivity index (χ4v) is 6.14. The Labute approximate surface area is 244 Å². The van der Waals surface area contributed by atoms with E-state index in [-0.39, 0.29) is 17.2 Å². The Morgan fingerprint density at radius 3 is 2.69 bits per heavy atom. The minimum Gasteiger partial charge on any atom is -0.463 e. The number of aliphatic hydroxyl groups is 2. The van der Waals surface area contributed by atoms with Crippen molar-refractivity contribution >= 4 is 24.6 Å². The molecule has 1 fully saturated rings. The highest BCUT2D eigenvalue weighted by atomic mass is 31.2. The summed E-state index contributed by atoms with van der Waals surface area (Å²) in [4.78, 5) is 31.5. The van der Waals surface area contributed by atoms with Crippen molar-refractivity contribution in [3.8, 4) is 17.6 Å². The first-order valence-corrected chi connectivity index (χ1v) is 14.8. The molecule has 12 nitrogen and oxygen atoms in total. The number of hydrogen-bond acceptors (Lipinski definition) is 10. The fraction of sp³-hybridized carbons (Fsp3) is 0.464. The first-order chi connectivity index (χ1) is 20.5. The number of aromatic amines is 1. The molecule has 3 heterocycles. The number of nitrogens with one attached hydrogen (secondary N) is 1. The summed E-state index contributed by atoms with van der Waals surface area (Å²) in [6, 6.07) is 7.69. The highest BCUT2D eigenvalue weighted by molar-refractivity contribution is 7.54. The Morgan fingerprint density at radius 1 is 1.36 bits per heavy atom. The van der Waals surface area contributed by atoms with Gasteiger partial charge in [0, 0.05) is 6.20 Å². The zero-order valence-corrected chi connectivity index (χ0v) is 24.4. The molecule has 0 spiro atoms. The molecular weight excluding hydrogens is 572 g/mol. The number of halogens is 1. The van der Waals surface area contributed by atoms with Crippen LogP contribution >= 0.6 is 7.60 Å². The first-order valence-electron chi connectivity index (χ1n) is 14.0. The number of carbonyl (C=O) groups excluding carboxylic acids is 1. The van der Waals surface area contributed by atoms with Crippen LogP contribution in [0.4, 0.5) is 4.39 Å². The summed E-state index contributed by atoms with van der Waals surface area (Å²) in [7, 11) is -4.60. The predicted molar refractivity (Wildman–Crippen MR) is 149 cm³/mol. The average Bonchev–Trinajstić information content (AvgIpc) is 3.37. The molecule has 0 amide bonds. The SMILES string of the molecule is [2H]C([2H])(O[P@@](=O)(C[C@@H](C)C(=O)OC(C)C)Oc1ccccc1)[C@H]1O[C@@H](n2cc(F)c3c(=O)[nH]c(C)nc32)C(O)(C#CC)[C@H]1O. The molecule has 3 aromatic rings. The molecule has 1 aliphatic heterocycles. The number of fused-ring (bicyclic) bond motifs is 1. The minimum absolute atomic E-state index is 0.0381. The maximum Gasteiger partial charge on any atom is 0.380 e. The van der Waals surface area contributed by atoms with Crippen LogP contribution in [-0.4, -0.2) is 67.4 Å². The van der Waals surface area contributed by atoms with E-state index < -0.39 is 79.1 Å². The van der Waals surface area contributed by atoms with Crippen molar-refractivity contribution in [3.63, 3.8) is 0 Å². The summed E-state index contributed by atoms with van der Waals surface area (Å²) < 4.78 is 69.4. The Balaban J connectivity index is 1.74. The van der Waals surface area contributed by atoms with Gasteiger partial charge in [-0.3, -0.25) is 18.7 Å². The van der Waals surface area contributed by atoms with Crippen LogP contribution in [0.5, 0.6) is 5.75 Å². The summed E-state index contributed by atoms with van der Waals surface area (Å²) in [6.45, 7) is 4.26. The standard InChI is InChI=1S/C28H33FN3O9P/c1-6-12-28(36)23(33)21(40-27(28)32-13-20(29)22-24(32)30-18(5)31-25(22)34)14-38-42(37,41-19-10-8-7-9-11-19)15-17(4)26(35)39-16(2)3/h7-11,13,16-17,21,23,27,33,36H,14-15H2,1-5H3,(H,30,31,34)/t17-,21-,23+,27-,28?,42+/m1/s1/i14D2. The van der Waals surface area contributed by atoms with Crippen molar-refractivity contribution in [2.75, 3.05) is 12.7 Å². The number of carbonyl (C=O) groups is 1. The third kappa shape index (κ3) is 6.43. The number of benzene rings is 1. The second-order valence-electron chi connectivity index (χ2n) is 10.1. The number of aromatic nitrogens is 3. The number of aliphatic hydroxyl groups excluding tert-OH is 1. The summed E-state index contributed by atoms with van der Waals surface area (Å²) in [5.74, 6) is 2.13. The van der Waals surface area contributed by atoms with Crippen molar-refractivity contribution in [2.45, 2.75) is 64.8 Å². The monoisotopic (exact) mass is 607 g/mol. The van der Waals surface area contributed by atoms with E-state index >= 15 is 0 Å². The molecule has 0 aliphatic carbocycles. The largest absolute Gasteiger partial charge is 0.463 e. The summed E-state index contributed by atoms with van der Waals surface area (Å²) in [5, 5.41) is 22.3. The molecule has 0 saturated carbocycles. The molecule has 0 bridgehead atoms. The van der Waals surface area contributed by atoms with Gasteiger partial charge in [0.1, 0.15) is 29.2 Å². The van der Waals surface area contributed by atoms with E-state index in [1.54, 1.807) is 32.0 Å². The second-order valence-corrected chi connectivity index (χ2v) is 12.0. The van der Waals surface area contributed by atoms with E-state index in [9.17, 15) is 28.8 Å². The molecule has 42 heavy (non-hydrogen) atoms. The first kappa shape index (κ1) is 28.6. The van der Waals surface area contributed by atoms with Crippen LogP contribution < -0.4 is 10.1 Å². The highest BCUT2D eigenvalue weighted by Gasteiger charge is 2.56. The lowest BCUT2D eigenvalue weighted by atomic mass is 9.94. The van der Waals surface area contributed by atoms with Gasteiger partial charge >= 0.3 is 13.6 Å². The molecular formula is C28H33FN3O9P. The molecule has 1 saturated heterocycles. The normalized spacial score (nSPS) is 25.2. The van der Waals surface area contributed by atoms with Gasteiger partial charge in [-0.25, -0.2) is 13.9 Å². The van der Waals surface area contributed by atoms with Crippen LogP contribution in [0.1, 0.15) is 42.5 Å². The van der Waals surface area contributed by atoms with Gasteiger partial charge in [-0.1, -0.05) is 31.0 Å². The van der Waals surface area contributed by atoms with E-state index in [1.165, 1.54) is 32.9 Å². The van der Waals surface area contributed by atoms with Gasteiger partial charge < -0.3 is 29.2 Å². The molecule has 2 aromatic heterocycles. The van der Waals surface area contributed by atoms with Crippen molar-refractivity contribution in [2.24, 2.45) is 5.92 Å². The van der Waals surface area contributed by atoms with E-state index in [2.05, 4.69) is 21.8 Å². The van der Waals surface area contributed by atoms with Crippen molar-refractivity contribution in [3.05, 3.63) is 58.5 Å². The number of hydrogen-bond donors (Lipinski definition) is 3. The Morgan fingerprint density at radius 2 is 2.05 bits per heavy atom. The number of aryl methyl sites for hydroxylation is 1. The number of ether oxygens (including phenoxy) is 2. The lowest BCUT2D eigenvalue weighted by molar-refractivity contribution is -0.151. The molecule has 1 aliphatic rings. The maximum absolute atomic E-state index is 14.9. The Hall–Kier alpha value is -3.53. The number of nitrogens with zero attached hydrogens (tertiary/aromatic N) is 2. The topological polar surface area (TPSA) is 162 Å². The van der Waals surface area contributed by atoms with Gasteiger partial charge in [-0.2, -0.15) is 0 Å². The van der Waals surface area contributed by atoms with E-state index in [4.69, 9.17) is 21.3 Å². The van der Waals surface area contributed by atoms with Crippen molar-refractivity contribution < 1.29 is 45.2 Å². The molecule has 226 valence electrons. The predicted octanol–water partition coefficient (Wildman–Crippen LogP) is 3.06. The van der Waals surface area contributed by atoms with Crippen molar-refractivity contribution in [1.29, 1.82) is 0 Å². The van der Waals surface area contributed by atoms with Crippen LogP contribution in [0.2, 0.25) is 0 Å². The molecule has 3 N–H and O–H groups in total. The van der Waals surface area contributed by atoms with Gasteiger partial charge in [0.25, 0.3) is 5.56 Å². The summed E-state index contributed by atoms with van der Waals surface area (Å²) in [6.07, 6.45) is -6.40. The van der Waals surface area contributed by atoms with Gasteiger partial charge in [0.2, 0.25) is 0 Å². The molecule has 1 aromatic carbocycles. The summed E-state index contributed by atoms with van der Waals surface area (Å²) >= 11 is 0. The second kappa shape index (κ2) is 12.4.